The number of nitrogens with zero attached hydrogens (tertiary/aromatic N) is 3. The number of carbonyl (C=O) groups is 2. The van der Waals surface area contributed by atoms with Gasteiger partial charge in [-0.1, -0.05) is 84.7 Å². The standard InChI is InChI=1S/C45H83N3O10/c1-13-15-16-17-18-19-20-21-24-48-25-22-23-34(28-48)58-46-37-29(3)27-44(8,54-12)41(57-43-39(50)35(47(10)11)26-30(4)55-43)32(6)38(49)33(7)42(52)56-36(14-2)45(9,53)40(51)31(37)5/h29-36,39-41,43,50-51,53H,13-28H2,1-12H3/b46-37+/t29-,30-,31-,32+,33-,34?,35+,36+,39-,40-,41-,43+,44+,45-/m1/s1. The summed E-state index contributed by atoms with van der Waals surface area (Å²) in [7, 11) is 5.34. The quantitative estimate of drug-likeness (QED) is 0.0709. The first-order chi connectivity index (χ1) is 27.3. The van der Waals surface area contributed by atoms with Gasteiger partial charge in [0.25, 0.3) is 0 Å². The highest BCUT2D eigenvalue weighted by molar-refractivity contribution is 6.00. The van der Waals surface area contributed by atoms with E-state index in [2.05, 4.69) is 11.8 Å². The number of likely N-dealkylation sites (N-methyl/N-ethyl adjacent to an activating group) is 1. The number of likely N-dealkylation sites (tertiary alicyclic amines) is 1. The van der Waals surface area contributed by atoms with E-state index in [0.717, 1.165) is 38.9 Å². The van der Waals surface area contributed by atoms with Crippen molar-refractivity contribution in [3.63, 3.8) is 0 Å². The van der Waals surface area contributed by atoms with E-state index in [9.17, 15) is 24.9 Å². The van der Waals surface area contributed by atoms with E-state index in [-0.39, 0.29) is 31.1 Å². The summed E-state index contributed by atoms with van der Waals surface area (Å²) in [5, 5.41) is 40.2. The van der Waals surface area contributed by atoms with Crippen LogP contribution in [0.15, 0.2) is 5.16 Å². The first kappa shape index (κ1) is 50.6. The van der Waals surface area contributed by atoms with Gasteiger partial charge in [0.15, 0.2) is 12.1 Å². The summed E-state index contributed by atoms with van der Waals surface area (Å²) in [6, 6.07) is -0.257. The number of ether oxygens (including phenoxy) is 4. The van der Waals surface area contributed by atoms with E-state index in [0.29, 0.717) is 12.1 Å². The summed E-state index contributed by atoms with van der Waals surface area (Å²) < 4.78 is 25.1. The molecule has 0 aromatic rings. The average Bonchev–Trinajstić information content (AvgIpc) is 3.19. The molecule has 1 unspecified atom stereocenters. The fourth-order valence-electron chi connectivity index (χ4n) is 9.52. The molecule has 13 heteroatoms. The highest BCUT2D eigenvalue weighted by Gasteiger charge is 2.51. The summed E-state index contributed by atoms with van der Waals surface area (Å²) in [6.07, 6.45) is 7.07. The number of hydrogen-bond acceptors (Lipinski definition) is 13. The number of oxime groups is 1. The van der Waals surface area contributed by atoms with Crippen LogP contribution in [-0.4, -0.2) is 144 Å². The van der Waals surface area contributed by atoms with Crippen LogP contribution in [0.1, 0.15) is 146 Å². The molecule has 3 aliphatic rings. The van der Waals surface area contributed by atoms with Crippen LogP contribution in [0.3, 0.4) is 0 Å². The number of carbonyl (C=O) groups excluding carboxylic acids is 2. The number of unbranched alkanes of at least 4 members (excludes halogenated alkanes) is 7. The summed E-state index contributed by atoms with van der Waals surface area (Å²) in [4.78, 5) is 38.7. The highest BCUT2D eigenvalue weighted by Crippen LogP contribution is 2.39. The second-order valence-electron chi connectivity index (χ2n) is 18.6. The molecule has 3 rings (SSSR count). The normalized spacial score (nSPS) is 39.8. The lowest BCUT2D eigenvalue weighted by Crippen LogP contribution is -2.60. The number of aliphatic hydroxyl groups is 3. The zero-order chi connectivity index (χ0) is 43.4. The molecule has 14 atom stereocenters. The number of cyclic esters (lactones) is 1. The Kier molecular flexibility index (Phi) is 20.5. The molecule has 3 aliphatic heterocycles. The van der Waals surface area contributed by atoms with Crippen LogP contribution in [0.2, 0.25) is 0 Å². The van der Waals surface area contributed by atoms with Crippen LogP contribution in [0.25, 0.3) is 0 Å². The third kappa shape index (κ3) is 13.4. The van der Waals surface area contributed by atoms with Crippen LogP contribution in [0, 0.1) is 23.7 Å². The minimum absolute atomic E-state index is 0.148. The van der Waals surface area contributed by atoms with Crippen molar-refractivity contribution >= 4 is 17.5 Å². The Morgan fingerprint density at radius 1 is 0.948 bits per heavy atom. The van der Waals surface area contributed by atoms with Crippen LogP contribution < -0.4 is 0 Å². The van der Waals surface area contributed by atoms with Crippen molar-refractivity contribution in [2.75, 3.05) is 40.8 Å². The average molecular weight is 826 g/mol. The first-order valence-corrected chi connectivity index (χ1v) is 22.6. The zero-order valence-electron chi connectivity index (χ0n) is 38.3. The third-order valence-corrected chi connectivity index (χ3v) is 13.4. The van der Waals surface area contributed by atoms with Crippen molar-refractivity contribution in [1.29, 1.82) is 0 Å². The summed E-state index contributed by atoms with van der Waals surface area (Å²) >= 11 is 0. The largest absolute Gasteiger partial charge is 0.459 e. The van der Waals surface area contributed by atoms with Gasteiger partial charge in [-0.15, -0.1) is 0 Å². The second kappa shape index (κ2) is 23.5. The number of Topliss-reactive ketones (excluding diaryl/α,β-unsaturated/α-hetero) is 1. The molecule has 13 nitrogen and oxygen atoms in total. The Labute approximate surface area is 350 Å². The second-order valence-corrected chi connectivity index (χ2v) is 18.6. The summed E-state index contributed by atoms with van der Waals surface area (Å²) in [5.41, 5.74) is -2.57. The molecule has 3 heterocycles. The van der Waals surface area contributed by atoms with Crippen LogP contribution in [0.5, 0.6) is 0 Å². The number of esters is 1. The Hall–Kier alpha value is -1.71. The van der Waals surface area contributed by atoms with Gasteiger partial charge in [-0.05, 0) is 93.4 Å². The molecule has 0 amide bonds. The topological polar surface area (TPSA) is 160 Å². The van der Waals surface area contributed by atoms with Gasteiger partial charge in [-0.25, -0.2) is 0 Å². The Morgan fingerprint density at radius 3 is 2.19 bits per heavy atom. The zero-order valence-corrected chi connectivity index (χ0v) is 38.3. The third-order valence-electron chi connectivity index (χ3n) is 13.4. The van der Waals surface area contributed by atoms with E-state index in [1.165, 1.54) is 58.8 Å². The Balaban J connectivity index is 1.98. The smallest absolute Gasteiger partial charge is 0.316 e. The van der Waals surface area contributed by atoms with Crippen LogP contribution in [-0.2, 0) is 33.4 Å². The SMILES string of the molecule is CCCCCCCCCCN1CCCC(O/N=C2\[C@H](C)C[C@](C)(OC)[C@H](O[C@@H]3O[C@H](C)C[C@H](N(C)C)[C@H]3O)[C@@H](C)C(=O)[C@@H](C)C(=O)O[C@@H](CC)[C@@](C)(O)[C@H](O)[C@@H]2C)C1. The van der Waals surface area contributed by atoms with E-state index in [1.807, 2.05) is 39.8 Å². The molecule has 0 radical (unpaired) electrons. The van der Waals surface area contributed by atoms with Gasteiger partial charge in [0.1, 0.15) is 29.8 Å². The van der Waals surface area contributed by atoms with Crippen LogP contribution in [0.4, 0.5) is 0 Å². The molecule has 0 aromatic carbocycles. The Bertz CT molecular complexity index is 1280. The predicted molar refractivity (Wildman–Crippen MR) is 226 cm³/mol. The molecule has 0 spiro atoms. The van der Waals surface area contributed by atoms with E-state index in [1.54, 1.807) is 27.9 Å². The highest BCUT2D eigenvalue weighted by atomic mass is 16.7. The summed E-state index contributed by atoms with van der Waals surface area (Å²) in [5.74, 6) is -4.54. The lowest BCUT2D eigenvalue weighted by Gasteiger charge is -2.47. The molecular weight excluding hydrogens is 743 g/mol. The maximum atomic E-state index is 14.3. The summed E-state index contributed by atoms with van der Waals surface area (Å²) in [6.45, 7) is 19.0. The molecule has 3 saturated heterocycles. The van der Waals surface area contributed by atoms with Crippen LogP contribution >= 0.6 is 0 Å². The van der Waals surface area contributed by atoms with Crippen molar-refractivity contribution in [2.24, 2.45) is 28.8 Å². The Morgan fingerprint density at radius 2 is 1.59 bits per heavy atom. The monoisotopic (exact) mass is 826 g/mol. The van der Waals surface area contributed by atoms with Crippen molar-refractivity contribution in [3.05, 3.63) is 0 Å². The fourth-order valence-corrected chi connectivity index (χ4v) is 9.52. The van der Waals surface area contributed by atoms with Crippen molar-refractivity contribution < 1.29 is 48.7 Å². The lowest BCUT2D eigenvalue weighted by atomic mass is 9.74. The van der Waals surface area contributed by atoms with E-state index < -0.39 is 77.3 Å². The fraction of sp³-hybridized carbons (Fsp3) is 0.933. The molecule has 0 bridgehead atoms. The molecule has 0 aromatic heterocycles. The van der Waals surface area contributed by atoms with Gasteiger partial charge in [-0.3, -0.25) is 14.5 Å². The van der Waals surface area contributed by atoms with Gasteiger partial charge in [0.2, 0.25) is 0 Å². The van der Waals surface area contributed by atoms with Crippen molar-refractivity contribution in [2.45, 2.75) is 206 Å². The van der Waals surface area contributed by atoms with Gasteiger partial charge in [-0.2, -0.15) is 0 Å². The van der Waals surface area contributed by atoms with E-state index >= 15 is 0 Å². The first-order valence-electron chi connectivity index (χ1n) is 22.6. The maximum absolute atomic E-state index is 14.3. The minimum atomic E-state index is -1.88. The van der Waals surface area contributed by atoms with Gasteiger partial charge in [0, 0.05) is 37.5 Å². The minimum Gasteiger partial charge on any atom is -0.459 e. The maximum Gasteiger partial charge on any atom is 0.316 e. The predicted octanol–water partition coefficient (Wildman–Crippen LogP) is 6.13. The molecule has 58 heavy (non-hydrogen) atoms. The number of aliphatic hydroxyl groups excluding tert-OH is 2. The number of hydrogen-bond donors (Lipinski definition) is 3. The van der Waals surface area contributed by atoms with Gasteiger partial charge in [0.05, 0.1) is 29.6 Å². The van der Waals surface area contributed by atoms with Crippen molar-refractivity contribution in [1.82, 2.24) is 9.80 Å². The van der Waals surface area contributed by atoms with Gasteiger partial charge < -0.3 is 44.0 Å². The number of methoxy groups -OCH3 is 1. The van der Waals surface area contributed by atoms with Crippen molar-refractivity contribution in [3.8, 4) is 0 Å². The molecule has 338 valence electrons. The van der Waals surface area contributed by atoms with Gasteiger partial charge >= 0.3 is 5.97 Å². The molecule has 3 fully saturated rings. The molecule has 3 N–H and O–H groups in total. The number of ketones is 1. The molecular formula is C45H83N3O10. The number of piperidine rings is 1. The number of rotatable bonds is 16. The molecule has 0 saturated carbocycles. The van der Waals surface area contributed by atoms with E-state index in [4.69, 9.17) is 28.9 Å². The molecule has 0 aliphatic carbocycles. The lowest BCUT2D eigenvalue weighted by molar-refractivity contribution is -0.295.